The van der Waals surface area contributed by atoms with Crippen molar-refractivity contribution < 1.29 is 0 Å². The molecule has 0 aliphatic heterocycles. The zero-order valence-electron chi connectivity index (χ0n) is 11.4. The second-order valence-electron chi connectivity index (χ2n) is 4.82. The lowest BCUT2D eigenvalue weighted by atomic mass is 10.1. The number of nitrogens with one attached hydrogen (secondary N) is 1. The average Bonchev–Trinajstić information content (AvgIpc) is 3.00. The molecular weight excluding hydrogens is 248 g/mol. The van der Waals surface area contributed by atoms with Gasteiger partial charge >= 0.3 is 0 Å². The van der Waals surface area contributed by atoms with E-state index in [4.69, 9.17) is 0 Å². The molecule has 0 aliphatic carbocycles. The van der Waals surface area contributed by atoms with Crippen LogP contribution in [0.15, 0.2) is 55.2 Å². The molecule has 0 saturated carbocycles. The smallest absolute Gasteiger partial charge is 0.133 e. The summed E-state index contributed by atoms with van der Waals surface area (Å²) in [6, 6.07) is 10.4. The van der Waals surface area contributed by atoms with Gasteiger partial charge in [-0.1, -0.05) is 24.3 Å². The molecule has 0 unspecified atom stereocenters. The van der Waals surface area contributed by atoms with E-state index in [1.165, 1.54) is 10.8 Å². The van der Waals surface area contributed by atoms with Crippen molar-refractivity contribution in [3.05, 3.63) is 55.2 Å². The second-order valence-corrected chi connectivity index (χ2v) is 4.82. The zero-order chi connectivity index (χ0) is 13.6. The van der Waals surface area contributed by atoms with Gasteiger partial charge in [-0.05, 0) is 24.3 Å². The molecule has 4 heteroatoms. The lowest BCUT2D eigenvalue weighted by molar-refractivity contribution is 0.621. The van der Waals surface area contributed by atoms with Gasteiger partial charge in [0.15, 0.2) is 0 Å². The van der Waals surface area contributed by atoms with Crippen LogP contribution in [0.25, 0.3) is 10.8 Å². The van der Waals surface area contributed by atoms with Crippen LogP contribution >= 0.6 is 0 Å². The van der Waals surface area contributed by atoms with E-state index in [1.807, 2.05) is 37.1 Å². The van der Waals surface area contributed by atoms with Gasteiger partial charge in [0.25, 0.3) is 0 Å². The topological polar surface area (TPSA) is 42.7 Å². The molecule has 3 aromatic rings. The van der Waals surface area contributed by atoms with Crippen molar-refractivity contribution in [2.45, 2.75) is 19.4 Å². The number of pyridine rings is 1. The standard InChI is InChI=1S/C16H18N4/c1-2-6-15-14(5-1)7-9-19-16(15)18-8-3-4-11-20-12-10-17-13-20/h1-2,5-7,9-10,12-13H,3-4,8,11H2,(H,18,19). The fourth-order valence-corrected chi connectivity index (χ4v) is 2.31. The van der Waals surface area contributed by atoms with Crippen molar-refractivity contribution in [2.24, 2.45) is 0 Å². The highest BCUT2D eigenvalue weighted by atomic mass is 15.0. The quantitative estimate of drug-likeness (QED) is 0.696. The van der Waals surface area contributed by atoms with Crippen molar-refractivity contribution in [2.75, 3.05) is 11.9 Å². The second kappa shape index (κ2) is 6.19. The number of hydrogen-bond acceptors (Lipinski definition) is 3. The lowest BCUT2D eigenvalue weighted by Crippen LogP contribution is -2.05. The Morgan fingerprint density at radius 2 is 2.00 bits per heavy atom. The molecule has 0 radical (unpaired) electrons. The summed E-state index contributed by atoms with van der Waals surface area (Å²) in [5.41, 5.74) is 0. The first-order chi connectivity index (χ1) is 9.93. The Morgan fingerprint density at radius 3 is 2.90 bits per heavy atom. The van der Waals surface area contributed by atoms with E-state index in [2.05, 4.69) is 38.1 Å². The van der Waals surface area contributed by atoms with Gasteiger partial charge < -0.3 is 9.88 Å². The Labute approximate surface area is 118 Å². The Hall–Kier alpha value is -2.36. The maximum atomic E-state index is 4.43. The minimum atomic E-state index is 0.940. The van der Waals surface area contributed by atoms with Gasteiger partial charge in [0.1, 0.15) is 5.82 Å². The summed E-state index contributed by atoms with van der Waals surface area (Å²) < 4.78 is 2.11. The molecule has 0 fully saturated rings. The monoisotopic (exact) mass is 266 g/mol. The van der Waals surface area contributed by atoms with Crippen LogP contribution in [0.2, 0.25) is 0 Å². The molecule has 4 nitrogen and oxygen atoms in total. The fourth-order valence-electron chi connectivity index (χ4n) is 2.31. The third-order valence-corrected chi connectivity index (χ3v) is 3.37. The van der Waals surface area contributed by atoms with E-state index < -0.39 is 0 Å². The van der Waals surface area contributed by atoms with E-state index in [-0.39, 0.29) is 0 Å². The summed E-state index contributed by atoms with van der Waals surface area (Å²) in [4.78, 5) is 8.47. The summed E-state index contributed by atoms with van der Waals surface area (Å²) in [7, 11) is 0. The van der Waals surface area contributed by atoms with Crippen LogP contribution < -0.4 is 5.32 Å². The van der Waals surface area contributed by atoms with E-state index in [1.54, 1.807) is 0 Å². The summed E-state index contributed by atoms with van der Waals surface area (Å²) >= 11 is 0. The Kier molecular flexibility index (Phi) is 3.92. The molecule has 2 aromatic heterocycles. The first-order valence-corrected chi connectivity index (χ1v) is 6.97. The maximum Gasteiger partial charge on any atom is 0.133 e. The molecule has 2 heterocycles. The fraction of sp³-hybridized carbons (Fsp3) is 0.250. The Morgan fingerprint density at radius 1 is 1.05 bits per heavy atom. The van der Waals surface area contributed by atoms with Crippen molar-refractivity contribution in [1.29, 1.82) is 0 Å². The normalized spacial score (nSPS) is 10.8. The molecule has 0 bridgehead atoms. The number of fused-ring (bicyclic) bond motifs is 1. The van der Waals surface area contributed by atoms with Gasteiger partial charge in [0.05, 0.1) is 6.33 Å². The zero-order valence-corrected chi connectivity index (χ0v) is 11.4. The number of hydrogen-bond donors (Lipinski definition) is 1. The SMILES string of the molecule is c1ccc2c(NCCCCn3ccnc3)nccc2c1. The maximum absolute atomic E-state index is 4.43. The number of benzene rings is 1. The van der Waals surface area contributed by atoms with Crippen molar-refractivity contribution in [3.63, 3.8) is 0 Å². The number of aryl methyl sites for hydroxylation is 1. The molecular formula is C16H18N4. The number of anilines is 1. The van der Waals surface area contributed by atoms with E-state index in [0.717, 1.165) is 31.7 Å². The number of rotatable bonds is 6. The number of aromatic nitrogens is 3. The third kappa shape index (κ3) is 2.96. The van der Waals surface area contributed by atoms with E-state index in [9.17, 15) is 0 Å². The van der Waals surface area contributed by atoms with Crippen LogP contribution in [0.5, 0.6) is 0 Å². The third-order valence-electron chi connectivity index (χ3n) is 3.37. The van der Waals surface area contributed by atoms with Crippen LogP contribution in [0, 0.1) is 0 Å². The predicted octanol–water partition coefficient (Wildman–Crippen LogP) is 3.32. The minimum absolute atomic E-state index is 0.940. The average molecular weight is 266 g/mol. The van der Waals surface area contributed by atoms with Crippen molar-refractivity contribution >= 4 is 16.6 Å². The lowest BCUT2D eigenvalue weighted by Gasteiger charge is -2.08. The highest BCUT2D eigenvalue weighted by Crippen LogP contribution is 2.20. The number of imidazole rings is 1. The predicted molar refractivity (Wildman–Crippen MR) is 81.7 cm³/mol. The number of unbranched alkanes of at least 4 members (excludes halogenated alkanes) is 1. The molecule has 0 saturated heterocycles. The summed E-state index contributed by atoms with van der Waals surface area (Å²) in [5.74, 6) is 0.978. The van der Waals surface area contributed by atoms with Crippen molar-refractivity contribution in [1.82, 2.24) is 14.5 Å². The van der Waals surface area contributed by atoms with Crippen LogP contribution in [0.4, 0.5) is 5.82 Å². The Bertz CT molecular complexity index is 656. The molecule has 0 atom stereocenters. The number of nitrogens with zero attached hydrogens (tertiary/aromatic N) is 3. The summed E-state index contributed by atoms with van der Waals surface area (Å²) in [5, 5.41) is 5.84. The van der Waals surface area contributed by atoms with Crippen LogP contribution in [0.1, 0.15) is 12.8 Å². The van der Waals surface area contributed by atoms with Crippen LogP contribution in [-0.4, -0.2) is 21.1 Å². The summed E-state index contributed by atoms with van der Waals surface area (Å²) in [6.07, 6.45) is 9.78. The van der Waals surface area contributed by atoms with E-state index in [0.29, 0.717) is 0 Å². The molecule has 0 aliphatic rings. The molecule has 0 amide bonds. The summed E-state index contributed by atoms with van der Waals surface area (Å²) in [6.45, 7) is 1.96. The van der Waals surface area contributed by atoms with Gasteiger partial charge in [-0.15, -0.1) is 0 Å². The highest BCUT2D eigenvalue weighted by molar-refractivity contribution is 5.91. The molecule has 102 valence electrons. The molecule has 0 spiro atoms. The van der Waals surface area contributed by atoms with Gasteiger partial charge in [-0.25, -0.2) is 9.97 Å². The Balaban J connectivity index is 1.52. The van der Waals surface area contributed by atoms with Gasteiger partial charge in [-0.2, -0.15) is 0 Å². The molecule has 3 rings (SSSR count). The van der Waals surface area contributed by atoms with Gasteiger partial charge in [0.2, 0.25) is 0 Å². The van der Waals surface area contributed by atoms with Gasteiger partial charge in [0, 0.05) is 37.1 Å². The molecule has 1 aromatic carbocycles. The molecule has 20 heavy (non-hydrogen) atoms. The first-order valence-electron chi connectivity index (χ1n) is 6.97. The van der Waals surface area contributed by atoms with E-state index >= 15 is 0 Å². The van der Waals surface area contributed by atoms with Crippen LogP contribution in [0.3, 0.4) is 0 Å². The highest BCUT2D eigenvalue weighted by Gasteiger charge is 2.00. The largest absolute Gasteiger partial charge is 0.370 e. The minimum Gasteiger partial charge on any atom is -0.370 e. The van der Waals surface area contributed by atoms with Crippen molar-refractivity contribution in [3.8, 4) is 0 Å². The molecule has 1 N–H and O–H groups in total. The van der Waals surface area contributed by atoms with Crippen LogP contribution in [-0.2, 0) is 6.54 Å². The first kappa shape index (κ1) is 12.7. The van der Waals surface area contributed by atoms with Gasteiger partial charge in [-0.3, -0.25) is 0 Å².